The molecule has 2 nitrogen and oxygen atoms in total. The maximum absolute atomic E-state index is 12.6. The molecule has 0 amide bonds. The van der Waals surface area contributed by atoms with Crippen LogP contribution in [0.25, 0.3) is 0 Å². The van der Waals surface area contributed by atoms with Gasteiger partial charge in [0.25, 0.3) is 0 Å². The Morgan fingerprint density at radius 2 is 1.12 bits per heavy atom. The normalized spacial score (nSPS) is 15.6. The number of hydrogen-bond donors (Lipinski definition) is 2. The second kappa shape index (κ2) is 7.50. The first kappa shape index (κ1) is 23.0. The first-order valence-electron chi connectivity index (χ1n) is 5.84. The average molecular weight is 420 g/mol. The number of aliphatic hydroxyl groups excluding tert-OH is 2. The standard InChI is InChI=1S/C12H9F9O2.Cu/c13-10(14,15)6-1-5(2-7(3-6)11(16,17)18)8(22)4-9(23)12(19,20)21;/h1-3,8-9,22-23H,4H2;. The fourth-order valence-electron chi connectivity index (χ4n) is 1.65. The minimum Gasteiger partial charge on any atom is -0.388 e. The van der Waals surface area contributed by atoms with E-state index in [4.69, 9.17) is 5.11 Å². The van der Waals surface area contributed by atoms with E-state index in [0.717, 1.165) is 0 Å². The molecule has 24 heavy (non-hydrogen) atoms. The molecule has 0 saturated carbocycles. The Labute approximate surface area is 139 Å². The molecular weight excluding hydrogens is 411 g/mol. The number of aliphatic hydroxyl groups is 2. The second-order valence-electron chi connectivity index (χ2n) is 4.65. The van der Waals surface area contributed by atoms with Gasteiger partial charge in [0.1, 0.15) is 0 Å². The summed E-state index contributed by atoms with van der Waals surface area (Å²) in [6, 6.07) is -0.0254. The zero-order chi connectivity index (χ0) is 18.2. The van der Waals surface area contributed by atoms with Crippen molar-refractivity contribution in [2.24, 2.45) is 0 Å². The number of benzene rings is 1. The molecule has 0 aromatic heterocycles. The molecule has 0 bridgehead atoms. The van der Waals surface area contributed by atoms with Crippen molar-refractivity contribution in [3.05, 3.63) is 34.9 Å². The number of halogens is 9. The van der Waals surface area contributed by atoms with Crippen molar-refractivity contribution in [2.75, 3.05) is 0 Å². The van der Waals surface area contributed by atoms with E-state index < -0.39 is 53.8 Å². The summed E-state index contributed by atoms with van der Waals surface area (Å²) in [6.07, 6.45) is -22.5. The summed E-state index contributed by atoms with van der Waals surface area (Å²) >= 11 is 0. The maximum atomic E-state index is 12.6. The molecule has 143 valence electrons. The number of alkyl halides is 9. The third-order valence-electron chi connectivity index (χ3n) is 2.82. The first-order valence-corrected chi connectivity index (χ1v) is 5.84. The molecule has 1 rings (SSSR count). The molecule has 2 N–H and O–H groups in total. The van der Waals surface area contributed by atoms with E-state index in [0.29, 0.717) is 0 Å². The molecule has 1 aromatic carbocycles. The molecule has 0 aliphatic rings. The molecule has 1 aromatic rings. The van der Waals surface area contributed by atoms with Gasteiger partial charge in [0.2, 0.25) is 0 Å². The van der Waals surface area contributed by atoms with Gasteiger partial charge in [-0.1, -0.05) is 0 Å². The van der Waals surface area contributed by atoms with Crippen LogP contribution >= 0.6 is 0 Å². The van der Waals surface area contributed by atoms with Crippen LogP contribution in [0.4, 0.5) is 39.5 Å². The third kappa shape index (κ3) is 6.15. The van der Waals surface area contributed by atoms with Crippen LogP contribution in [-0.4, -0.2) is 22.5 Å². The quantitative estimate of drug-likeness (QED) is 0.573. The van der Waals surface area contributed by atoms with E-state index in [2.05, 4.69) is 0 Å². The first-order chi connectivity index (χ1) is 10.1. The predicted molar refractivity (Wildman–Crippen MR) is 58.1 cm³/mol. The maximum Gasteiger partial charge on any atom is 0.416 e. The van der Waals surface area contributed by atoms with Crippen molar-refractivity contribution >= 4 is 0 Å². The summed E-state index contributed by atoms with van der Waals surface area (Å²) in [7, 11) is 0. The summed E-state index contributed by atoms with van der Waals surface area (Å²) in [5.41, 5.74) is -4.58. The van der Waals surface area contributed by atoms with Crippen molar-refractivity contribution in [2.45, 2.75) is 37.2 Å². The van der Waals surface area contributed by atoms with Crippen LogP contribution in [0.2, 0.25) is 0 Å². The van der Waals surface area contributed by atoms with Crippen molar-refractivity contribution in [3.8, 4) is 0 Å². The molecule has 0 aliphatic carbocycles. The van der Waals surface area contributed by atoms with Gasteiger partial charge >= 0.3 is 18.5 Å². The Morgan fingerprint density at radius 3 is 1.42 bits per heavy atom. The van der Waals surface area contributed by atoms with Crippen molar-refractivity contribution < 1.29 is 66.8 Å². The summed E-state index contributed by atoms with van der Waals surface area (Å²) < 4.78 is 112. The van der Waals surface area contributed by atoms with Gasteiger partial charge in [-0.15, -0.1) is 0 Å². The Kier molecular flexibility index (Phi) is 7.20. The molecule has 0 saturated heterocycles. The zero-order valence-electron chi connectivity index (χ0n) is 11.2. The fraction of sp³-hybridized carbons (Fsp3) is 0.500. The average Bonchev–Trinajstić information content (AvgIpc) is 2.34. The zero-order valence-corrected chi connectivity index (χ0v) is 12.1. The minimum absolute atomic E-state index is 0. The summed E-state index contributed by atoms with van der Waals surface area (Å²) in [4.78, 5) is 0. The summed E-state index contributed by atoms with van der Waals surface area (Å²) in [6.45, 7) is 0. The van der Waals surface area contributed by atoms with Crippen LogP contribution in [0.15, 0.2) is 18.2 Å². The van der Waals surface area contributed by atoms with E-state index in [1.807, 2.05) is 0 Å². The van der Waals surface area contributed by atoms with E-state index in [9.17, 15) is 44.6 Å². The van der Waals surface area contributed by atoms with Gasteiger partial charge in [-0.3, -0.25) is 0 Å². The fourth-order valence-corrected chi connectivity index (χ4v) is 1.65. The molecule has 0 spiro atoms. The monoisotopic (exact) mass is 419 g/mol. The largest absolute Gasteiger partial charge is 0.416 e. The van der Waals surface area contributed by atoms with E-state index >= 15 is 0 Å². The Morgan fingerprint density at radius 1 is 0.750 bits per heavy atom. The van der Waals surface area contributed by atoms with Crippen LogP contribution in [0, 0.1) is 0 Å². The predicted octanol–water partition coefficient (Wildman–Crippen LogP) is 4.07. The van der Waals surface area contributed by atoms with Crippen molar-refractivity contribution in [3.63, 3.8) is 0 Å². The molecule has 0 fully saturated rings. The van der Waals surface area contributed by atoms with Crippen LogP contribution < -0.4 is 0 Å². The Bertz CT molecular complexity index is 519. The molecule has 0 heterocycles. The third-order valence-corrected chi connectivity index (χ3v) is 2.82. The van der Waals surface area contributed by atoms with Gasteiger partial charge < -0.3 is 10.2 Å². The van der Waals surface area contributed by atoms with Gasteiger partial charge in [-0.2, -0.15) is 39.5 Å². The molecule has 2 unspecified atom stereocenters. The van der Waals surface area contributed by atoms with Crippen LogP contribution in [0.3, 0.4) is 0 Å². The van der Waals surface area contributed by atoms with Crippen molar-refractivity contribution in [1.82, 2.24) is 0 Å². The van der Waals surface area contributed by atoms with Gasteiger partial charge in [0.15, 0.2) is 6.10 Å². The summed E-state index contributed by atoms with van der Waals surface area (Å²) in [5, 5.41) is 18.2. The van der Waals surface area contributed by atoms with Crippen LogP contribution in [-0.2, 0) is 29.4 Å². The molecule has 1 radical (unpaired) electrons. The SMILES string of the molecule is OC(CC(O)C(F)(F)F)c1cc(C(F)(F)F)cc(C(F)(F)F)c1.[Cu]. The molecular formula is C12H9CuF9O2. The van der Waals surface area contributed by atoms with Crippen molar-refractivity contribution in [1.29, 1.82) is 0 Å². The van der Waals surface area contributed by atoms with Gasteiger partial charge in [-0.05, 0) is 23.8 Å². The smallest absolute Gasteiger partial charge is 0.388 e. The van der Waals surface area contributed by atoms with Crippen LogP contribution in [0.1, 0.15) is 29.2 Å². The van der Waals surface area contributed by atoms with Gasteiger partial charge in [-0.25, -0.2) is 0 Å². The van der Waals surface area contributed by atoms with Gasteiger partial charge in [0.05, 0.1) is 17.2 Å². The van der Waals surface area contributed by atoms with E-state index in [-0.39, 0.29) is 35.3 Å². The van der Waals surface area contributed by atoms with E-state index in [1.54, 1.807) is 0 Å². The number of hydrogen-bond acceptors (Lipinski definition) is 2. The second-order valence-corrected chi connectivity index (χ2v) is 4.65. The minimum atomic E-state index is -5.20. The molecule has 2 atom stereocenters. The topological polar surface area (TPSA) is 40.5 Å². The Hall–Kier alpha value is -0.971. The Balaban J connectivity index is 0.00000529. The number of rotatable bonds is 3. The van der Waals surface area contributed by atoms with Crippen LogP contribution in [0.5, 0.6) is 0 Å². The summed E-state index contributed by atoms with van der Waals surface area (Å²) in [5.74, 6) is 0. The van der Waals surface area contributed by atoms with Gasteiger partial charge in [0, 0.05) is 23.5 Å². The molecule has 12 heteroatoms. The van der Waals surface area contributed by atoms with E-state index in [1.165, 1.54) is 0 Å². The molecule has 0 aliphatic heterocycles.